The zero-order valence-corrected chi connectivity index (χ0v) is 11.2. The van der Waals surface area contributed by atoms with Crippen LogP contribution in [0, 0.1) is 0 Å². The Labute approximate surface area is 110 Å². The van der Waals surface area contributed by atoms with Crippen molar-refractivity contribution >= 4 is 5.71 Å². The van der Waals surface area contributed by atoms with Gasteiger partial charge in [0.1, 0.15) is 6.17 Å². The van der Waals surface area contributed by atoms with Gasteiger partial charge in [-0.3, -0.25) is 9.89 Å². The summed E-state index contributed by atoms with van der Waals surface area (Å²) in [6.45, 7) is 4.67. The molecule has 0 aromatic heterocycles. The number of likely N-dealkylation sites (tertiary alicyclic amines) is 1. The zero-order valence-electron chi connectivity index (χ0n) is 11.2. The van der Waals surface area contributed by atoms with E-state index in [-0.39, 0.29) is 0 Å². The smallest absolute Gasteiger partial charge is 0.103 e. The molecule has 0 spiro atoms. The molecule has 0 radical (unpaired) electrons. The van der Waals surface area contributed by atoms with Crippen molar-refractivity contribution in [2.75, 3.05) is 13.1 Å². The van der Waals surface area contributed by atoms with Crippen LogP contribution in [0.3, 0.4) is 0 Å². The third-order valence-corrected chi connectivity index (χ3v) is 4.32. The predicted molar refractivity (Wildman–Crippen MR) is 76.1 cm³/mol. The molecule has 1 saturated heterocycles. The first kappa shape index (κ1) is 11.9. The van der Waals surface area contributed by atoms with Crippen LogP contribution in [0.1, 0.15) is 44.1 Å². The fraction of sp³-hybridized carbons (Fsp3) is 0.562. The standard InChI is InChI=1S/C16H22N2/c1-13-15(14-8-4-2-5-9-14)12-16(17-13)18-10-6-3-7-11-18/h2,4-5,8-9,15-16H,3,6-7,10-12H2,1H3. The molecule has 2 nitrogen and oxygen atoms in total. The summed E-state index contributed by atoms with van der Waals surface area (Å²) in [4.78, 5) is 7.49. The Bertz CT molecular complexity index is 418. The van der Waals surface area contributed by atoms with Crippen molar-refractivity contribution in [3.63, 3.8) is 0 Å². The Kier molecular flexibility index (Phi) is 3.46. The lowest BCUT2D eigenvalue weighted by Crippen LogP contribution is -2.37. The molecule has 2 unspecified atom stereocenters. The highest BCUT2D eigenvalue weighted by Gasteiger charge is 2.30. The number of hydrogen-bond donors (Lipinski definition) is 0. The first-order valence-electron chi connectivity index (χ1n) is 7.18. The maximum absolute atomic E-state index is 4.91. The van der Waals surface area contributed by atoms with E-state index in [2.05, 4.69) is 42.2 Å². The number of aliphatic imine (C=N–C) groups is 1. The van der Waals surface area contributed by atoms with Crippen molar-refractivity contribution in [3.8, 4) is 0 Å². The molecule has 2 aliphatic heterocycles. The van der Waals surface area contributed by atoms with Gasteiger partial charge in [0.15, 0.2) is 0 Å². The molecular formula is C16H22N2. The SMILES string of the molecule is CC1=NC(N2CCCCC2)CC1c1ccccc1. The third kappa shape index (κ3) is 2.35. The van der Waals surface area contributed by atoms with Crippen molar-refractivity contribution in [1.29, 1.82) is 0 Å². The lowest BCUT2D eigenvalue weighted by Gasteiger charge is -2.30. The van der Waals surface area contributed by atoms with E-state index in [1.165, 1.54) is 50.0 Å². The van der Waals surface area contributed by atoms with E-state index >= 15 is 0 Å². The van der Waals surface area contributed by atoms with Crippen molar-refractivity contribution in [3.05, 3.63) is 35.9 Å². The first-order valence-corrected chi connectivity index (χ1v) is 7.18. The van der Waals surface area contributed by atoms with E-state index in [0.717, 1.165) is 0 Å². The summed E-state index contributed by atoms with van der Waals surface area (Å²) in [5, 5.41) is 0. The summed E-state index contributed by atoms with van der Waals surface area (Å²) in [5.74, 6) is 0.540. The molecule has 0 amide bonds. The number of rotatable bonds is 2. The largest absolute Gasteiger partial charge is 0.282 e. The van der Waals surface area contributed by atoms with E-state index in [1.807, 2.05) is 0 Å². The normalized spacial score (nSPS) is 29.3. The minimum Gasteiger partial charge on any atom is -0.282 e. The molecule has 0 bridgehead atoms. The monoisotopic (exact) mass is 242 g/mol. The average molecular weight is 242 g/mol. The molecule has 1 fully saturated rings. The van der Waals surface area contributed by atoms with Crippen LogP contribution in [0.5, 0.6) is 0 Å². The number of nitrogens with zero attached hydrogens (tertiary/aromatic N) is 2. The van der Waals surface area contributed by atoms with Gasteiger partial charge in [0.2, 0.25) is 0 Å². The number of benzene rings is 1. The molecule has 2 heteroatoms. The highest BCUT2D eigenvalue weighted by Crippen LogP contribution is 2.32. The second kappa shape index (κ2) is 5.23. The van der Waals surface area contributed by atoms with Gasteiger partial charge < -0.3 is 0 Å². The summed E-state index contributed by atoms with van der Waals surface area (Å²) < 4.78 is 0. The van der Waals surface area contributed by atoms with Gasteiger partial charge in [-0.1, -0.05) is 36.8 Å². The Morgan fingerprint density at radius 3 is 2.50 bits per heavy atom. The van der Waals surface area contributed by atoms with Crippen LogP contribution in [0.4, 0.5) is 0 Å². The summed E-state index contributed by atoms with van der Waals surface area (Å²) >= 11 is 0. The van der Waals surface area contributed by atoms with Crippen LogP contribution in [0.15, 0.2) is 35.3 Å². The van der Waals surface area contributed by atoms with E-state index < -0.39 is 0 Å². The fourth-order valence-corrected chi connectivity index (χ4v) is 3.27. The highest BCUT2D eigenvalue weighted by molar-refractivity contribution is 5.90. The van der Waals surface area contributed by atoms with Gasteiger partial charge in [-0.2, -0.15) is 0 Å². The van der Waals surface area contributed by atoms with Crippen LogP contribution in [-0.2, 0) is 0 Å². The first-order chi connectivity index (χ1) is 8.84. The second-order valence-electron chi connectivity index (χ2n) is 5.55. The highest BCUT2D eigenvalue weighted by atomic mass is 15.3. The van der Waals surface area contributed by atoms with E-state index in [0.29, 0.717) is 12.1 Å². The van der Waals surface area contributed by atoms with Crippen LogP contribution < -0.4 is 0 Å². The van der Waals surface area contributed by atoms with Crippen molar-refractivity contribution in [2.45, 2.75) is 44.7 Å². The Morgan fingerprint density at radius 2 is 1.78 bits per heavy atom. The fourth-order valence-electron chi connectivity index (χ4n) is 3.27. The molecular weight excluding hydrogens is 220 g/mol. The predicted octanol–water partition coefficient (Wildman–Crippen LogP) is 3.45. The van der Waals surface area contributed by atoms with Crippen molar-refractivity contribution in [2.24, 2.45) is 4.99 Å². The van der Waals surface area contributed by atoms with E-state index in [1.54, 1.807) is 0 Å². The Balaban J connectivity index is 1.72. The second-order valence-corrected chi connectivity index (χ2v) is 5.55. The molecule has 2 aliphatic rings. The minimum absolute atomic E-state index is 0.440. The molecule has 2 heterocycles. The van der Waals surface area contributed by atoms with Gasteiger partial charge in [0, 0.05) is 24.7 Å². The van der Waals surface area contributed by atoms with Gasteiger partial charge >= 0.3 is 0 Å². The van der Waals surface area contributed by atoms with Gasteiger partial charge in [-0.25, -0.2) is 0 Å². The molecule has 0 N–H and O–H groups in total. The molecule has 0 saturated carbocycles. The van der Waals surface area contributed by atoms with Crippen LogP contribution >= 0.6 is 0 Å². The van der Waals surface area contributed by atoms with E-state index in [4.69, 9.17) is 4.99 Å². The Morgan fingerprint density at radius 1 is 1.06 bits per heavy atom. The van der Waals surface area contributed by atoms with Crippen LogP contribution in [-0.4, -0.2) is 29.9 Å². The van der Waals surface area contributed by atoms with Crippen molar-refractivity contribution in [1.82, 2.24) is 4.90 Å². The lowest BCUT2D eigenvalue weighted by molar-refractivity contribution is 0.165. The maximum atomic E-state index is 4.91. The number of hydrogen-bond acceptors (Lipinski definition) is 2. The summed E-state index contributed by atoms with van der Waals surface area (Å²) in [7, 11) is 0. The number of piperidine rings is 1. The quantitative estimate of drug-likeness (QED) is 0.775. The summed E-state index contributed by atoms with van der Waals surface area (Å²) in [5.41, 5.74) is 2.75. The Hall–Kier alpha value is -1.15. The minimum atomic E-state index is 0.440. The summed E-state index contributed by atoms with van der Waals surface area (Å²) in [6.07, 6.45) is 5.71. The van der Waals surface area contributed by atoms with Gasteiger partial charge in [-0.05, 0) is 31.7 Å². The van der Waals surface area contributed by atoms with Gasteiger partial charge in [0.05, 0.1) is 0 Å². The molecule has 3 rings (SSSR count). The molecule has 0 aliphatic carbocycles. The van der Waals surface area contributed by atoms with Crippen LogP contribution in [0.25, 0.3) is 0 Å². The van der Waals surface area contributed by atoms with Crippen LogP contribution in [0.2, 0.25) is 0 Å². The zero-order chi connectivity index (χ0) is 12.4. The topological polar surface area (TPSA) is 15.6 Å². The molecule has 1 aromatic rings. The van der Waals surface area contributed by atoms with E-state index in [9.17, 15) is 0 Å². The van der Waals surface area contributed by atoms with Gasteiger partial charge in [0.25, 0.3) is 0 Å². The summed E-state index contributed by atoms with van der Waals surface area (Å²) in [6, 6.07) is 10.8. The third-order valence-electron chi connectivity index (χ3n) is 4.32. The average Bonchev–Trinajstić information content (AvgIpc) is 2.83. The van der Waals surface area contributed by atoms with Crippen molar-refractivity contribution < 1.29 is 0 Å². The molecule has 18 heavy (non-hydrogen) atoms. The van der Waals surface area contributed by atoms with Gasteiger partial charge in [-0.15, -0.1) is 0 Å². The molecule has 96 valence electrons. The molecule has 1 aromatic carbocycles. The lowest BCUT2D eigenvalue weighted by atomic mass is 9.93. The maximum Gasteiger partial charge on any atom is 0.103 e. The molecule has 2 atom stereocenters.